The second-order valence-corrected chi connectivity index (χ2v) is 6.53. The van der Waals surface area contributed by atoms with Crippen molar-refractivity contribution in [2.45, 2.75) is 26.7 Å². The predicted octanol–water partition coefficient (Wildman–Crippen LogP) is 2.48. The zero-order chi connectivity index (χ0) is 16.2. The molecule has 6 nitrogen and oxygen atoms in total. The number of nitrogens with zero attached hydrogens (tertiary/aromatic N) is 4. The van der Waals surface area contributed by atoms with E-state index in [2.05, 4.69) is 15.0 Å². The molecule has 3 rings (SSSR count). The highest BCUT2D eigenvalue weighted by atomic mass is 32.1. The van der Waals surface area contributed by atoms with Crippen LogP contribution in [0.2, 0.25) is 0 Å². The molecule has 0 atom stereocenters. The first-order chi connectivity index (χ1) is 11.1. The van der Waals surface area contributed by atoms with E-state index in [0.717, 1.165) is 37.2 Å². The van der Waals surface area contributed by atoms with Crippen LogP contribution < -0.4 is 4.74 Å². The molecule has 0 bridgehead atoms. The Morgan fingerprint density at radius 2 is 2.09 bits per heavy atom. The topological polar surface area (TPSA) is 68.2 Å². The first kappa shape index (κ1) is 15.9. The Balaban J connectivity index is 1.50. The molecule has 0 saturated carbocycles. The summed E-state index contributed by atoms with van der Waals surface area (Å²) >= 11 is 1.45. The quantitative estimate of drug-likeness (QED) is 0.860. The highest BCUT2D eigenvalue weighted by Crippen LogP contribution is 2.22. The number of thiazole rings is 1. The van der Waals surface area contributed by atoms with Crippen molar-refractivity contribution >= 4 is 17.2 Å². The number of hydrogen-bond acceptors (Lipinski definition) is 6. The lowest BCUT2D eigenvalue weighted by Gasteiger charge is -2.31. The second kappa shape index (κ2) is 7.04. The van der Waals surface area contributed by atoms with Gasteiger partial charge in [-0.1, -0.05) is 0 Å². The van der Waals surface area contributed by atoms with E-state index < -0.39 is 0 Å². The maximum Gasteiger partial charge on any atom is 0.273 e. The van der Waals surface area contributed by atoms with Crippen molar-refractivity contribution in [2.75, 3.05) is 19.7 Å². The third-order valence-corrected chi connectivity index (χ3v) is 4.89. The van der Waals surface area contributed by atoms with Crippen LogP contribution in [0.25, 0.3) is 0 Å². The van der Waals surface area contributed by atoms with Crippen LogP contribution in [0.4, 0.5) is 0 Å². The number of amides is 1. The molecule has 2 aromatic heterocycles. The molecule has 1 aliphatic heterocycles. The van der Waals surface area contributed by atoms with Gasteiger partial charge in [0.2, 0.25) is 5.88 Å². The fraction of sp³-hybridized carbons (Fsp3) is 0.500. The van der Waals surface area contributed by atoms with E-state index in [9.17, 15) is 4.79 Å². The highest BCUT2D eigenvalue weighted by Gasteiger charge is 2.25. The van der Waals surface area contributed by atoms with Gasteiger partial charge in [-0.05, 0) is 32.6 Å². The van der Waals surface area contributed by atoms with E-state index >= 15 is 0 Å². The van der Waals surface area contributed by atoms with Crippen LogP contribution >= 0.6 is 11.3 Å². The maximum absolute atomic E-state index is 12.3. The zero-order valence-electron chi connectivity index (χ0n) is 13.4. The van der Waals surface area contributed by atoms with Gasteiger partial charge in [-0.3, -0.25) is 4.79 Å². The van der Waals surface area contributed by atoms with Crippen LogP contribution in [0, 0.1) is 19.8 Å². The van der Waals surface area contributed by atoms with Gasteiger partial charge in [-0.15, -0.1) is 11.3 Å². The molecule has 2 aromatic rings. The third kappa shape index (κ3) is 3.67. The van der Waals surface area contributed by atoms with E-state index in [1.807, 2.05) is 18.7 Å². The fourth-order valence-corrected chi connectivity index (χ4v) is 3.17. The summed E-state index contributed by atoms with van der Waals surface area (Å²) in [7, 11) is 0. The van der Waals surface area contributed by atoms with Gasteiger partial charge in [0.15, 0.2) is 0 Å². The normalized spacial score (nSPS) is 15.7. The van der Waals surface area contributed by atoms with Crippen molar-refractivity contribution < 1.29 is 9.53 Å². The first-order valence-corrected chi connectivity index (χ1v) is 8.68. The summed E-state index contributed by atoms with van der Waals surface area (Å²) in [6, 6.07) is 0. The number of aryl methyl sites for hydroxylation is 1. The van der Waals surface area contributed by atoms with E-state index in [1.165, 1.54) is 17.7 Å². The molecule has 1 fully saturated rings. The molecule has 7 heteroatoms. The predicted molar refractivity (Wildman–Crippen MR) is 87.7 cm³/mol. The Bertz CT molecular complexity index is 667. The van der Waals surface area contributed by atoms with Crippen LogP contribution in [0.1, 0.15) is 34.6 Å². The van der Waals surface area contributed by atoms with E-state index in [-0.39, 0.29) is 5.91 Å². The smallest absolute Gasteiger partial charge is 0.273 e. The van der Waals surface area contributed by atoms with Crippen LogP contribution in [0.15, 0.2) is 17.2 Å². The van der Waals surface area contributed by atoms with Crippen LogP contribution in [0.5, 0.6) is 5.88 Å². The molecule has 122 valence electrons. The standard InChI is InChI=1S/C16H20N4O2S/c1-11-12(2)17-9-18-15(11)22-7-13-3-5-20(6-4-13)16(21)14-8-23-10-19-14/h8-10,13H,3-7H2,1-2H3. The van der Waals surface area contributed by atoms with E-state index in [4.69, 9.17) is 4.74 Å². The molecule has 0 aromatic carbocycles. The average molecular weight is 332 g/mol. The minimum absolute atomic E-state index is 0.0351. The van der Waals surface area contributed by atoms with Crippen LogP contribution in [0.3, 0.4) is 0 Å². The minimum Gasteiger partial charge on any atom is -0.477 e. The molecule has 0 N–H and O–H groups in total. The Morgan fingerprint density at radius 1 is 1.30 bits per heavy atom. The van der Waals surface area contributed by atoms with E-state index in [1.54, 1.807) is 10.9 Å². The van der Waals surface area contributed by atoms with E-state index in [0.29, 0.717) is 24.1 Å². The van der Waals surface area contributed by atoms with Gasteiger partial charge in [0.1, 0.15) is 12.0 Å². The summed E-state index contributed by atoms with van der Waals surface area (Å²) in [4.78, 5) is 26.6. The Hall–Kier alpha value is -2.02. The van der Waals surface area contributed by atoms with Gasteiger partial charge >= 0.3 is 0 Å². The van der Waals surface area contributed by atoms with Crippen molar-refractivity contribution in [1.82, 2.24) is 19.9 Å². The molecule has 1 amide bonds. The zero-order valence-corrected chi connectivity index (χ0v) is 14.2. The summed E-state index contributed by atoms with van der Waals surface area (Å²) < 4.78 is 5.86. The molecule has 0 aliphatic carbocycles. The summed E-state index contributed by atoms with van der Waals surface area (Å²) in [5.74, 6) is 1.15. The number of carbonyl (C=O) groups excluding carboxylic acids is 1. The highest BCUT2D eigenvalue weighted by molar-refractivity contribution is 7.07. The fourth-order valence-electron chi connectivity index (χ4n) is 2.64. The largest absolute Gasteiger partial charge is 0.477 e. The van der Waals surface area contributed by atoms with Crippen LogP contribution in [-0.4, -0.2) is 45.5 Å². The molecular formula is C16H20N4O2S. The molecule has 23 heavy (non-hydrogen) atoms. The van der Waals surface area contributed by atoms with Crippen molar-refractivity contribution in [3.05, 3.63) is 34.2 Å². The Morgan fingerprint density at radius 3 is 2.78 bits per heavy atom. The number of carbonyl (C=O) groups is 1. The summed E-state index contributed by atoms with van der Waals surface area (Å²) in [6.45, 7) is 6.07. The number of piperidine rings is 1. The SMILES string of the molecule is Cc1ncnc(OCC2CCN(C(=O)c3cscn3)CC2)c1C. The molecule has 0 radical (unpaired) electrons. The lowest BCUT2D eigenvalue weighted by Crippen LogP contribution is -2.39. The number of ether oxygens (including phenoxy) is 1. The molecule has 1 saturated heterocycles. The number of hydrogen-bond donors (Lipinski definition) is 0. The molecule has 1 aliphatic rings. The van der Waals surface area contributed by atoms with Gasteiger partial charge in [0.25, 0.3) is 5.91 Å². The summed E-state index contributed by atoms with van der Waals surface area (Å²) in [6.07, 6.45) is 3.42. The van der Waals surface area contributed by atoms with Crippen LogP contribution in [-0.2, 0) is 0 Å². The van der Waals surface area contributed by atoms with Crippen molar-refractivity contribution in [2.24, 2.45) is 5.92 Å². The van der Waals surface area contributed by atoms with Gasteiger partial charge in [-0.25, -0.2) is 15.0 Å². The van der Waals surface area contributed by atoms with Gasteiger partial charge in [0.05, 0.1) is 12.1 Å². The monoisotopic (exact) mass is 332 g/mol. The van der Waals surface area contributed by atoms with Crippen molar-refractivity contribution in [1.29, 1.82) is 0 Å². The first-order valence-electron chi connectivity index (χ1n) is 7.73. The molecule has 3 heterocycles. The lowest BCUT2D eigenvalue weighted by molar-refractivity contribution is 0.0654. The minimum atomic E-state index is 0.0351. The number of rotatable bonds is 4. The molecule has 0 spiro atoms. The molecule has 0 unspecified atom stereocenters. The maximum atomic E-state index is 12.3. The summed E-state index contributed by atoms with van der Waals surface area (Å²) in [5.41, 5.74) is 4.18. The average Bonchev–Trinajstić information content (AvgIpc) is 3.10. The van der Waals surface area contributed by atoms with Gasteiger partial charge in [0, 0.05) is 29.7 Å². The van der Waals surface area contributed by atoms with Crippen molar-refractivity contribution in [3.63, 3.8) is 0 Å². The van der Waals surface area contributed by atoms with Gasteiger partial charge < -0.3 is 9.64 Å². The summed E-state index contributed by atoms with van der Waals surface area (Å²) in [5, 5.41) is 1.80. The number of aromatic nitrogens is 3. The molecular weight excluding hydrogens is 312 g/mol. The second-order valence-electron chi connectivity index (χ2n) is 5.81. The third-order valence-electron chi connectivity index (χ3n) is 4.30. The number of likely N-dealkylation sites (tertiary alicyclic amines) is 1. The Kier molecular flexibility index (Phi) is 4.85. The van der Waals surface area contributed by atoms with Gasteiger partial charge in [-0.2, -0.15) is 0 Å². The van der Waals surface area contributed by atoms with Crippen molar-refractivity contribution in [3.8, 4) is 5.88 Å². The Labute approximate surface area is 139 Å². The lowest BCUT2D eigenvalue weighted by atomic mass is 9.97.